The molecule has 1 aromatic rings. The zero-order valence-corrected chi connectivity index (χ0v) is 10.3. The van der Waals surface area contributed by atoms with Crippen molar-refractivity contribution >= 4 is 5.97 Å². The number of ether oxygens (including phenoxy) is 1. The van der Waals surface area contributed by atoms with Crippen molar-refractivity contribution in [2.75, 3.05) is 7.11 Å². The minimum Gasteiger partial charge on any atom is -0.468 e. The molecule has 0 radical (unpaired) electrons. The first-order valence-electron chi connectivity index (χ1n) is 5.34. The lowest BCUT2D eigenvalue weighted by molar-refractivity contribution is -0.143. The van der Waals surface area contributed by atoms with Gasteiger partial charge in [-0.3, -0.25) is 5.32 Å². The van der Waals surface area contributed by atoms with Gasteiger partial charge in [-0.05, 0) is 26.3 Å². The third-order valence-corrected chi connectivity index (χ3v) is 2.15. The maximum absolute atomic E-state index is 11.7. The van der Waals surface area contributed by atoms with Gasteiger partial charge in [-0.25, -0.2) is 4.79 Å². The van der Waals surface area contributed by atoms with Gasteiger partial charge in [0.25, 0.3) is 0 Å². The van der Waals surface area contributed by atoms with Crippen LogP contribution in [0.1, 0.15) is 32.4 Å². The zero-order chi connectivity index (χ0) is 12.2. The van der Waals surface area contributed by atoms with Gasteiger partial charge in [0.15, 0.2) is 0 Å². The smallest absolute Gasteiger partial charge is 0.327 e. The standard InChI is InChI=1S/C13H19NO2/c1-13(2,3)14-11(12(15)16-4)10-8-6-5-7-9-10/h5-9,11,14H,1-4H3/t11-/m0/s1. The molecule has 0 aliphatic rings. The molecule has 0 aromatic heterocycles. The van der Waals surface area contributed by atoms with Crippen LogP contribution in [0.15, 0.2) is 30.3 Å². The topological polar surface area (TPSA) is 38.3 Å². The van der Waals surface area contributed by atoms with Crippen molar-refractivity contribution in [1.82, 2.24) is 5.32 Å². The molecule has 0 aliphatic carbocycles. The van der Waals surface area contributed by atoms with Gasteiger partial charge >= 0.3 is 5.97 Å². The Morgan fingerprint density at radius 3 is 2.25 bits per heavy atom. The van der Waals surface area contributed by atoms with Crippen LogP contribution in [0.2, 0.25) is 0 Å². The summed E-state index contributed by atoms with van der Waals surface area (Å²) in [6.45, 7) is 6.06. The Morgan fingerprint density at radius 1 is 1.25 bits per heavy atom. The van der Waals surface area contributed by atoms with Crippen molar-refractivity contribution < 1.29 is 9.53 Å². The van der Waals surface area contributed by atoms with Gasteiger partial charge in [-0.15, -0.1) is 0 Å². The maximum atomic E-state index is 11.7. The van der Waals surface area contributed by atoms with Crippen LogP contribution < -0.4 is 5.32 Å². The van der Waals surface area contributed by atoms with Crippen molar-refractivity contribution in [1.29, 1.82) is 0 Å². The summed E-state index contributed by atoms with van der Waals surface area (Å²) in [5.74, 6) is -0.263. The van der Waals surface area contributed by atoms with E-state index in [0.29, 0.717) is 0 Å². The Hall–Kier alpha value is -1.35. The van der Waals surface area contributed by atoms with E-state index in [9.17, 15) is 4.79 Å². The predicted octanol–water partition coefficient (Wildman–Crippen LogP) is 2.29. The number of methoxy groups -OCH3 is 1. The highest BCUT2D eigenvalue weighted by molar-refractivity contribution is 5.77. The molecule has 0 saturated heterocycles. The van der Waals surface area contributed by atoms with Gasteiger partial charge in [-0.1, -0.05) is 30.3 Å². The normalized spacial score (nSPS) is 13.2. The zero-order valence-electron chi connectivity index (χ0n) is 10.3. The van der Waals surface area contributed by atoms with E-state index in [4.69, 9.17) is 4.74 Å². The molecule has 0 heterocycles. The summed E-state index contributed by atoms with van der Waals surface area (Å²) in [6, 6.07) is 9.17. The molecular formula is C13H19NO2. The van der Waals surface area contributed by atoms with Crippen LogP contribution in [0.5, 0.6) is 0 Å². The van der Waals surface area contributed by atoms with Crippen LogP contribution >= 0.6 is 0 Å². The van der Waals surface area contributed by atoms with E-state index in [-0.39, 0.29) is 11.5 Å². The van der Waals surface area contributed by atoms with E-state index in [1.54, 1.807) is 0 Å². The van der Waals surface area contributed by atoms with Crippen LogP contribution in [-0.2, 0) is 9.53 Å². The molecule has 0 spiro atoms. The number of nitrogens with one attached hydrogen (secondary N) is 1. The Labute approximate surface area is 96.8 Å². The van der Waals surface area contributed by atoms with Gasteiger partial charge in [0.1, 0.15) is 6.04 Å². The molecule has 3 nitrogen and oxygen atoms in total. The number of rotatable bonds is 3. The largest absolute Gasteiger partial charge is 0.468 e. The van der Waals surface area contributed by atoms with Gasteiger partial charge in [0.05, 0.1) is 7.11 Å². The lowest BCUT2D eigenvalue weighted by Gasteiger charge is -2.27. The summed E-state index contributed by atoms with van der Waals surface area (Å²) in [4.78, 5) is 11.7. The second-order valence-electron chi connectivity index (χ2n) is 4.76. The van der Waals surface area contributed by atoms with Crippen LogP contribution in [0.3, 0.4) is 0 Å². The SMILES string of the molecule is COC(=O)[C@@H](NC(C)(C)C)c1ccccc1. The fourth-order valence-electron chi connectivity index (χ4n) is 1.47. The number of carbonyl (C=O) groups excluding carboxylic acids is 1. The van der Waals surface area contributed by atoms with Crippen molar-refractivity contribution in [3.8, 4) is 0 Å². The molecule has 0 bridgehead atoms. The fourth-order valence-corrected chi connectivity index (χ4v) is 1.47. The van der Waals surface area contributed by atoms with Crippen molar-refractivity contribution in [3.63, 3.8) is 0 Å². The summed E-state index contributed by atoms with van der Waals surface area (Å²) < 4.78 is 4.81. The average Bonchev–Trinajstić information content (AvgIpc) is 2.25. The van der Waals surface area contributed by atoms with E-state index in [0.717, 1.165) is 5.56 Å². The summed E-state index contributed by atoms with van der Waals surface area (Å²) in [7, 11) is 1.41. The van der Waals surface area contributed by atoms with Gasteiger partial charge < -0.3 is 4.74 Å². The minimum absolute atomic E-state index is 0.144. The summed E-state index contributed by atoms with van der Waals surface area (Å²) in [5, 5.41) is 3.25. The van der Waals surface area contributed by atoms with E-state index < -0.39 is 6.04 Å². The lowest BCUT2D eigenvalue weighted by atomic mass is 10.0. The predicted molar refractivity (Wildman–Crippen MR) is 64.1 cm³/mol. The molecule has 16 heavy (non-hydrogen) atoms. The van der Waals surface area contributed by atoms with Gasteiger partial charge in [-0.2, -0.15) is 0 Å². The van der Waals surface area contributed by atoms with Crippen LogP contribution in [0.25, 0.3) is 0 Å². The molecule has 1 rings (SSSR count). The van der Waals surface area contributed by atoms with Crippen LogP contribution in [0, 0.1) is 0 Å². The first-order chi connectivity index (χ1) is 7.44. The molecule has 0 unspecified atom stereocenters. The first-order valence-corrected chi connectivity index (χ1v) is 5.34. The average molecular weight is 221 g/mol. The molecule has 3 heteroatoms. The highest BCUT2D eigenvalue weighted by atomic mass is 16.5. The van der Waals surface area contributed by atoms with Crippen molar-refractivity contribution in [2.24, 2.45) is 0 Å². The number of benzene rings is 1. The molecular weight excluding hydrogens is 202 g/mol. The van der Waals surface area contributed by atoms with E-state index in [2.05, 4.69) is 5.32 Å². The molecule has 1 N–H and O–H groups in total. The summed E-state index contributed by atoms with van der Waals surface area (Å²) >= 11 is 0. The summed E-state index contributed by atoms with van der Waals surface area (Å²) in [6.07, 6.45) is 0. The van der Waals surface area contributed by atoms with Gasteiger partial charge in [0, 0.05) is 5.54 Å². The number of esters is 1. The Kier molecular flexibility index (Phi) is 4.07. The quantitative estimate of drug-likeness (QED) is 0.796. The monoisotopic (exact) mass is 221 g/mol. The number of hydrogen-bond donors (Lipinski definition) is 1. The van der Waals surface area contributed by atoms with Gasteiger partial charge in [0.2, 0.25) is 0 Å². The first kappa shape index (κ1) is 12.7. The van der Waals surface area contributed by atoms with Crippen LogP contribution in [0.4, 0.5) is 0 Å². The third-order valence-electron chi connectivity index (χ3n) is 2.15. The van der Waals surface area contributed by atoms with Crippen molar-refractivity contribution in [3.05, 3.63) is 35.9 Å². The molecule has 1 atom stereocenters. The van der Waals surface area contributed by atoms with E-state index in [1.165, 1.54) is 7.11 Å². The fraction of sp³-hybridized carbons (Fsp3) is 0.462. The Bertz CT molecular complexity index is 341. The molecule has 0 amide bonds. The molecule has 1 aromatic carbocycles. The maximum Gasteiger partial charge on any atom is 0.327 e. The van der Waals surface area contributed by atoms with E-state index >= 15 is 0 Å². The number of carbonyl (C=O) groups is 1. The molecule has 0 saturated carbocycles. The molecule has 88 valence electrons. The highest BCUT2D eigenvalue weighted by Crippen LogP contribution is 2.17. The summed E-state index contributed by atoms with van der Waals surface area (Å²) in [5.41, 5.74) is 0.776. The minimum atomic E-state index is -0.411. The Morgan fingerprint density at radius 2 is 1.81 bits per heavy atom. The molecule has 0 fully saturated rings. The van der Waals surface area contributed by atoms with Crippen LogP contribution in [-0.4, -0.2) is 18.6 Å². The molecule has 0 aliphatic heterocycles. The lowest BCUT2D eigenvalue weighted by Crippen LogP contribution is -2.42. The second kappa shape index (κ2) is 5.12. The number of hydrogen-bond acceptors (Lipinski definition) is 3. The van der Waals surface area contributed by atoms with E-state index in [1.807, 2.05) is 51.1 Å². The Balaban J connectivity index is 2.93. The third kappa shape index (κ3) is 3.66. The highest BCUT2D eigenvalue weighted by Gasteiger charge is 2.25. The second-order valence-corrected chi connectivity index (χ2v) is 4.76. The van der Waals surface area contributed by atoms with Crippen molar-refractivity contribution in [2.45, 2.75) is 32.4 Å².